The number of fused-ring (bicyclic) bond motifs is 1. The molecule has 4 N–H and O–H groups in total. The lowest BCUT2D eigenvalue weighted by atomic mass is 9.86. The van der Waals surface area contributed by atoms with Gasteiger partial charge in [0.1, 0.15) is 21.8 Å². The van der Waals surface area contributed by atoms with Crippen molar-refractivity contribution in [2.24, 2.45) is 5.16 Å². The van der Waals surface area contributed by atoms with E-state index in [0.29, 0.717) is 17.7 Å². The number of carbonyl (C=O) groups is 3. The first-order chi connectivity index (χ1) is 15.8. The maximum Gasteiger partial charge on any atom is 0.355 e. The number of methoxy groups -OCH3 is 1. The number of aromatic nitrogens is 2. The molecule has 0 aliphatic carbocycles. The Labute approximate surface area is 200 Å². The van der Waals surface area contributed by atoms with Crippen LogP contribution in [0.2, 0.25) is 4.34 Å². The standard InChI is InChI=1S/C19H17ClN6O5S2/c1-31-18(29)14-10(32-8-4-6-22-7-5-8)3-2-9-11(17(28)26(9)14)23-16(27)13(25-30)12-15(20)33-19(21)24-12/h4-7,9,11,30H,2-3H2,1H3,(H2,21,24)(H,23,27). The molecule has 0 radical (unpaired) electrons. The summed E-state index contributed by atoms with van der Waals surface area (Å²) in [4.78, 5) is 49.0. The second-order valence-corrected chi connectivity index (χ2v) is 9.74. The normalized spacial score (nSPS) is 20.2. The number of allylic oxidation sites excluding steroid dienone is 1. The fourth-order valence-corrected chi connectivity index (χ4v) is 5.61. The van der Waals surface area contributed by atoms with E-state index in [2.05, 4.69) is 20.4 Å². The quantitative estimate of drug-likeness (QED) is 0.173. The number of esters is 1. The number of amides is 2. The Balaban J connectivity index is 1.55. The number of nitrogen functional groups attached to an aromatic ring is 1. The molecule has 172 valence electrons. The lowest BCUT2D eigenvalue weighted by molar-refractivity contribution is -0.156. The molecule has 14 heteroatoms. The first kappa shape index (κ1) is 23.0. The number of halogens is 1. The molecule has 2 aliphatic rings. The number of nitrogens with one attached hydrogen (secondary N) is 1. The van der Waals surface area contributed by atoms with Crippen LogP contribution in [-0.2, 0) is 19.1 Å². The Kier molecular flexibility index (Phi) is 6.54. The molecule has 1 saturated heterocycles. The highest BCUT2D eigenvalue weighted by atomic mass is 35.5. The lowest BCUT2D eigenvalue weighted by Crippen LogP contribution is -2.72. The Morgan fingerprint density at radius 2 is 2.15 bits per heavy atom. The van der Waals surface area contributed by atoms with E-state index in [9.17, 15) is 19.6 Å². The number of hydrogen-bond acceptors (Lipinski definition) is 11. The van der Waals surface area contributed by atoms with Gasteiger partial charge in [-0.15, -0.1) is 0 Å². The van der Waals surface area contributed by atoms with Crippen molar-refractivity contribution >= 4 is 63.3 Å². The zero-order valence-corrected chi connectivity index (χ0v) is 19.4. The van der Waals surface area contributed by atoms with E-state index in [1.165, 1.54) is 23.8 Å². The average molecular weight is 509 g/mol. The minimum Gasteiger partial charge on any atom is -0.464 e. The molecule has 0 spiro atoms. The van der Waals surface area contributed by atoms with Gasteiger partial charge in [0, 0.05) is 22.2 Å². The molecule has 0 bridgehead atoms. The van der Waals surface area contributed by atoms with E-state index in [1.807, 2.05) is 0 Å². The van der Waals surface area contributed by atoms with Crippen molar-refractivity contribution in [2.45, 2.75) is 29.8 Å². The topological polar surface area (TPSA) is 160 Å². The monoisotopic (exact) mass is 508 g/mol. The second-order valence-electron chi connectivity index (χ2n) is 6.94. The number of oxime groups is 1. The summed E-state index contributed by atoms with van der Waals surface area (Å²) in [5.41, 5.74) is 5.18. The van der Waals surface area contributed by atoms with Crippen molar-refractivity contribution in [3.8, 4) is 0 Å². The minimum atomic E-state index is -0.920. The molecule has 2 aromatic heterocycles. The molecule has 2 amide bonds. The van der Waals surface area contributed by atoms with Crippen molar-refractivity contribution in [2.75, 3.05) is 12.8 Å². The Morgan fingerprint density at radius 1 is 1.42 bits per heavy atom. The molecule has 0 aromatic carbocycles. The number of pyridine rings is 1. The number of anilines is 1. The fourth-order valence-electron chi connectivity index (χ4n) is 3.64. The van der Waals surface area contributed by atoms with Crippen LogP contribution in [-0.4, -0.2) is 62.8 Å². The number of nitrogens with zero attached hydrogens (tertiary/aromatic N) is 4. The van der Waals surface area contributed by atoms with Gasteiger partial charge in [-0.05, 0) is 25.0 Å². The van der Waals surface area contributed by atoms with Crippen LogP contribution in [0.4, 0.5) is 5.13 Å². The zero-order valence-electron chi connectivity index (χ0n) is 17.0. The number of hydrogen-bond donors (Lipinski definition) is 3. The van der Waals surface area contributed by atoms with Crippen LogP contribution in [0.15, 0.2) is 45.2 Å². The van der Waals surface area contributed by atoms with Gasteiger partial charge in [0.25, 0.3) is 11.8 Å². The molecule has 4 heterocycles. The van der Waals surface area contributed by atoms with Crippen LogP contribution in [0, 0.1) is 0 Å². The third-order valence-electron chi connectivity index (χ3n) is 5.09. The van der Waals surface area contributed by atoms with Crippen molar-refractivity contribution < 1.29 is 24.3 Å². The molecule has 2 unspecified atom stereocenters. The fraction of sp³-hybridized carbons (Fsp3) is 0.263. The molecule has 11 nitrogen and oxygen atoms in total. The number of carbonyl (C=O) groups excluding carboxylic acids is 3. The molecule has 2 atom stereocenters. The summed E-state index contributed by atoms with van der Waals surface area (Å²) in [7, 11) is 1.24. The number of thiazole rings is 1. The highest BCUT2D eigenvalue weighted by Gasteiger charge is 2.54. The molecule has 4 rings (SSSR count). The summed E-state index contributed by atoms with van der Waals surface area (Å²) in [5, 5.41) is 14.9. The molecule has 2 aliphatic heterocycles. The number of ether oxygens (including phenoxy) is 1. The Morgan fingerprint density at radius 3 is 2.76 bits per heavy atom. The maximum absolute atomic E-state index is 13.0. The van der Waals surface area contributed by atoms with Gasteiger partial charge in [-0.25, -0.2) is 9.78 Å². The van der Waals surface area contributed by atoms with Crippen LogP contribution in [0.3, 0.4) is 0 Å². The highest BCUT2D eigenvalue weighted by Crippen LogP contribution is 2.43. The van der Waals surface area contributed by atoms with Crippen molar-refractivity contribution in [1.82, 2.24) is 20.2 Å². The molecular weight excluding hydrogens is 492 g/mol. The predicted molar refractivity (Wildman–Crippen MR) is 121 cm³/mol. The van der Waals surface area contributed by atoms with Gasteiger partial charge >= 0.3 is 5.97 Å². The number of β-lactam (4-membered cyclic amide) rings is 1. The number of nitrogens with two attached hydrogens (primary N) is 1. The van der Waals surface area contributed by atoms with Crippen LogP contribution in [0.25, 0.3) is 0 Å². The van der Waals surface area contributed by atoms with Crippen molar-refractivity contribution in [3.63, 3.8) is 0 Å². The van der Waals surface area contributed by atoms with Crippen molar-refractivity contribution in [1.29, 1.82) is 0 Å². The number of thioether (sulfide) groups is 1. The molecule has 1 fully saturated rings. The van der Waals surface area contributed by atoms with Crippen molar-refractivity contribution in [3.05, 3.63) is 45.2 Å². The number of rotatable bonds is 6. The lowest BCUT2D eigenvalue weighted by Gasteiger charge is -2.50. The predicted octanol–water partition coefficient (Wildman–Crippen LogP) is 1.62. The molecule has 33 heavy (non-hydrogen) atoms. The maximum atomic E-state index is 13.0. The van der Waals surface area contributed by atoms with Gasteiger partial charge in [0.05, 0.1) is 13.2 Å². The summed E-state index contributed by atoms with van der Waals surface area (Å²) < 4.78 is 4.99. The summed E-state index contributed by atoms with van der Waals surface area (Å²) in [6, 6.07) is 2.21. The first-order valence-corrected chi connectivity index (χ1v) is 11.5. The van der Waals surface area contributed by atoms with Gasteiger partial charge in [-0.2, -0.15) is 0 Å². The van der Waals surface area contributed by atoms with E-state index < -0.39 is 35.6 Å². The van der Waals surface area contributed by atoms with E-state index in [1.54, 1.807) is 24.5 Å². The zero-order chi connectivity index (χ0) is 23.7. The van der Waals surface area contributed by atoms with E-state index in [4.69, 9.17) is 22.1 Å². The smallest absolute Gasteiger partial charge is 0.355 e. The van der Waals surface area contributed by atoms with Crippen LogP contribution in [0.5, 0.6) is 0 Å². The average Bonchev–Trinajstić information content (AvgIpc) is 3.15. The Hall–Kier alpha value is -3.16. The van der Waals surface area contributed by atoms with Gasteiger partial charge in [-0.3, -0.25) is 19.5 Å². The Bertz CT molecular complexity index is 1180. The SMILES string of the molecule is COC(=O)C1=C(Sc2ccncc2)CCC2C(NC(=O)C(=NO)c3nc(N)sc3Cl)C(=O)N12. The third-order valence-corrected chi connectivity index (χ3v) is 7.33. The van der Waals surface area contributed by atoms with Gasteiger partial charge in [0.15, 0.2) is 10.8 Å². The first-order valence-electron chi connectivity index (χ1n) is 9.53. The summed E-state index contributed by atoms with van der Waals surface area (Å²) in [5.74, 6) is -1.97. The van der Waals surface area contributed by atoms with Gasteiger partial charge in [0.2, 0.25) is 0 Å². The van der Waals surface area contributed by atoms with Crippen LogP contribution >= 0.6 is 34.7 Å². The van der Waals surface area contributed by atoms with E-state index >= 15 is 0 Å². The molecule has 0 saturated carbocycles. The van der Waals surface area contributed by atoms with Crippen LogP contribution < -0.4 is 11.1 Å². The summed E-state index contributed by atoms with van der Waals surface area (Å²) in [6.45, 7) is 0. The molecule has 2 aromatic rings. The molecular formula is C19H17ClN6O5S2. The van der Waals surface area contributed by atoms with E-state index in [0.717, 1.165) is 16.2 Å². The van der Waals surface area contributed by atoms with Gasteiger partial charge < -0.3 is 21.0 Å². The van der Waals surface area contributed by atoms with Gasteiger partial charge in [-0.1, -0.05) is 39.9 Å². The second kappa shape index (κ2) is 9.37. The summed E-state index contributed by atoms with van der Waals surface area (Å²) >= 11 is 8.27. The largest absolute Gasteiger partial charge is 0.464 e. The highest BCUT2D eigenvalue weighted by molar-refractivity contribution is 8.03. The third kappa shape index (κ3) is 4.26. The van der Waals surface area contributed by atoms with E-state index in [-0.39, 0.29) is 20.9 Å². The summed E-state index contributed by atoms with van der Waals surface area (Å²) in [6.07, 6.45) is 4.26. The van der Waals surface area contributed by atoms with Crippen LogP contribution in [0.1, 0.15) is 18.5 Å². The minimum absolute atomic E-state index is 0.0726.